The van der Waals surface area contributed by atoms with Crippen LogP contribution in [0.1, 0.15) is 11.3 Å². The van der Waals surface area contributed by atoms with Crippen molar-refractivity contribution in [1.82, 2.24) is 10.1 Å². The molecule has 0 amide bonds. The normalized spacial score (nSPS) is 11.0. The second kappa shape index (κ2) is 3.73. The van der Waals surface area contributed by atoms with Crippen molar-refractivity contribution in [2.75, 3.05) is 7.11 Å². The van der Waals surface area contributed by atoms with Crippen LogP contribution < -0.4 is 5.73 Å². The highest BCUT2D eigenvalue weighted by molar-refractivity contribution is 5.76. The molecule has 0 spiro atoms. The highest BCUT2D eigenvalue weighted by atomic mass is 16.5. The number of ether oxygens (including phenoxy) is 1. The first-order valence-corrected chi connectivity index (χ1v) is 4.27. The van der Waals surface area contributed by atoms with Gasteiger partial charge in [0.15, 0.2) is 0 Å². The molecule has 0 aliphatic heterocycles. The van der Waals surface area contributed by atoms with Crippen LogP contribution in [0.5, 0.6) is 0 Å². The number of aromatic nitrogens is 2. The van der Waals surface area contributed by atoms with E-state index in [1.807, 2.05) is 6.07 Å². The minimum absolute atomic E-state index is 0.419. The van der Waals surface area contributed by atoms with E-state index in [1.165, 1.54) is 0 Å². The Kier molecular flexibility index (Phi) is 2.43. The summed E-state index contributed by atoms with van der Waals surface area (Å²) >= 11 is 0. The number of fused-ring (bicyclic) bond motifs is 1. The quantitative estimate of drug-likeness (QED) is 0.781. The zero-order valence-electron chi connectivity index (χ0n) is 7.86. The molecule has 2 aromatic heterocycles. The lowest BCUT2D eigenvalue weighted by molar-refractivity contribution is 0.178. The predicted molar refractivity (Wildman–Crippen MR) is 50.4 cm³/mol. The van der Waals surface area contributed by atoms with Gasteiger partial charge < -0.3 is 15.0 Å². The van der Waals surface area contributed by atoms with Crippen molar-refractivity contribution in [3.05, 3.63) is 23.5 Å². The van der Waals surface area contributed by atoms with Crippen LogP contribution >= 0.6 is 0 Å². The van der Waals surface area contributed by atoms with E-state index >= 15 is 0 Å². The van der Waals surface area contributed by atoms with Gasteiger partial charge in [-0.1, -0.05) is 5.16 Å². The van der Waals surface area contributed by atoms with Crippen LogP contribution in [-0.2, 0) is 17.9 Å². The van der Waals surface area contributed by atoms with Gasteiger partial charge in [-0.2, -0.15) is 0 Å². The average Bonchev–Trinajstić information content (AvgIpc) is 2.61. The summed E-state index contributed by atoms with van der Waals surface area (Å²) in [7, 11) is 1.61. The molecule has 0 aliphatic carbocycles. The number of nitrogens with two attached hydrogens (primary N) is 1. The van der Waals surface area contributed by atoms with Crippen molar-refractivity contribution < 1.29 is 9.26 Å². The van der Waals surface area contributed by atoms with Gasteiger partial charge in [-0.25, -0.2) is 4.98 Å². The van der Waals surface area contributed by atoms with Crippen LogP contribution in [-0.4, -0.2) is 17.3 Å². The van der Waals surface area contributed by atoms with Crippen LogP contribution in [0.3, 0.4) is 0 Å². The maximum Gasteiger partial charge on any atom is 0.258 e. The highest BCUT2D eigenvalue weighted by Crippen LogP contribution is 2.17. The number of hydrogen-bond acceptors (Lipinski definition) is 5. The Hall–Kier alpha value is -1.46. The lowest BCUT2D eigenvalue weighted by Crippen LogP contribution is -1.97. The molecule has 2 rings (SSSR count). The summed E-state index contributed by atoms with van der Waals surface area (Å²) < 4.78 is 10.0. The van der Waals surface area contributed by atoms with Crippen molar-refractivity contribution >= 4 is 11.1 Å². The SMILES string of the molecule is COCc1noc2ncc(CN)cc12. The highest BCUT2D eigenvalue weighted by Gasteiger charge is 2.08. The monoisotopic (exact) mass is 193 g/mol. The lowest BCUT2D eigenvalue weighted by atomic mass is 10.2. The zero-order valence-corrected chi connectivity index (χ0v) is 7.86. The van der Waals surface area contributed by atoms with Gasteiger partial charge in [-0.15, -0.1) is 0 Å². The standard InChI is InChI=1S/C9H11N3O2/c1-13-5-8-7-2-6(3-10)4-11-9(7)14-12-8/h2,4H,3,5,10H2,1H3. The maximum absolute atomic E-state index is 5.51. The Morgan fingerprint density at radius 1 is 1.57 bits per heavy atom. The minimum Gasteiger partial charge on any atom is -0.378 e. The average molecular weight is 193 g/mol. The Morgan fingerprint density at radius 3 is 3.14 bits per heavy atom. The fraction of sp³-hybridized carbons (Fsp3) is 0.333. The summed E-state index contributed by atoms with van der Waals surface area (Å²) in [5.41, 5.74) is 7.75. The fourth-order valence-corrected chi connectivity index (χ4v) is 1.27. The molecule has 0 unspecified atom stereocenters. The Labute approximate surface area is 80.8 Å². The smallest absolute Gasteiger partial charge is 0.258 e. The van der Waals surface area contributed by atoms with Gasteiger partial charge in [0, 0.05) is 19.9 Å². The molecule has 0 bridgehead atoms. The largest absolute Gasteiger partial charge is 0.378 e. The number of nitrogens with zero attached hydrogens (tertiary/aromatic N) is 2. The molecule has 2 heterocycles. The molecule has 14 heavy (non-hydrogen) atoms. The lowest BCUT2D eigenvalue weighted by Gasteiger charge is -1.95. The van der Waals surface area contributed by atoms with E-state index in [9.17, 15) is 0 Å². The molecule has 0 fully saturated rings. The minimum atomic E-state index is 0.419. The molecule has 5 nitrogen and oxygen atoms in total. The summed E-state index contributed by atoms with van der Waals surface area (Å²) in [6.45, 7) is 0.878. The second-order valence-corrected chi connectivity index (χ2v) is 2.96. The van der Waals surface area contributed by atoms with E-state index in [0.717, 1.165) is 16.6 Å². The third-order valence-electron chi connectivity index (χ3n) is 1.98. The number of pyridine rings is 1. The van der Waals surface area contributed by atoms with Gasteiger partial charge >= 0.3 is 0 Å². The molecule has 0 aliphatic rings. The molecule has 2 N–H and O–H groups in total. The maximum atomic E-state index is 5.51. The van der Waals surface area contributed by atoms with E-state index in [0.29, 0.717) is 18.9 Å². The van der Waals surface area contributed by atoms with Crippen molar-refractivity contribution in [3.8, 4) is 0 Å². The molecule has 0 aromatic carbocycles. The summed E-state index contributed by atoms with van der Waals surface area (Å²) in [5.74, 6) is 0. The van der Waals surface area contributed by atoms with Gasteiger partial charge in [-0.05, 0) is 11.6 Å². The van der Waals surface area contributed by atoms with Crippen LogP contribution in [0, 0.1) is 0 Å². The molecule has 0 radical (unpaired) electrons. The van der Waals surface area contributed by atoms with E-state index in [1.54, 1.807) is 13.3 Å². The Bertz CT molecular complexity index is 439. The van der Waals surface area contributed by atoms with E-state index in [4.69, 9.17) is 15.0 Å². The van der Waals surface area contributed by atoms with E-state index in [-0.39, 0.29) is 0 Å². The molecule has 0 saturated heterocycles. The van der Waals surface area contributed by atoms with Gasteiger partial charge in [0.25, 0.3) is 5.71 Å². The first-order chi connectivity index (χ1) is 6.85. The van der Waals surface area contributed by atoms with Crippen molar-refractivity contribution in [3.63, 3.8) is 0 Å². The summed E-state index contributed by atoms with van der Waals surface area (Å²) in [6.07, 6.45) is 1.68. The van der Waals surface area contributed by atoms with Gasteiger partial charge in [0.05, 0.1) is 12.0 Å². The van der Waals surface area contributed by atoms with Gasteiger partial charge in [0.2, 0.25) is 0 Å². The molecule has 0 saturated carbocycles. The molecule has 2 aromatic rings. The molecular weight excluding hydrogens is 182 g/mol. The van der Waals surface area contributed by atoms with Crippen LogP contribution in [0.2, 0.25) is 0 Å². The zero-order chi connectivity index (χ0) is 9.97. The number of methoxy groups -OCH3 is 1. The summed E-state index contributed by atoms with van der Waals surface area (Å²) in [6, 6.07) is 1.92. The topological polar surface area (TPSA) is 74.2 Å². The molecular formula is C9H11N3O2. The van der Waals surface area contributed by atoms with Crippen LogP contribution in [0.15, 0.2) is 16.8 Å². The number of hydrogen-bond donors (Lipinski definition) is 1. The third-order valence-corrected chi connectivity index (χ3v) is 1.98. The van der Waals surface area contributed by atoms with Crippen molar-refractivity contribution in [1.29, 1.82) is 0 Å². The van der Waals surface area contributed by atoms with Crippen LogP contribution in [0.25, 0.3) is 11.1 Å². The first kappa shape index (κ1) is 9.11. The van der Waals surface area contributed by atoms with E-state index in [2.05, 4.69) is 10.1 Å². The van der Waals surface area contributed by atoms with Crippen molar-refractivity contribution in [2.24, 2.45) is 5.73 Å². The second-order valence-electron chi connectivity index (χ2n) is 2.96. The van der Waals surface area contributed by atoms with E-state index < -0.39 is 0 Å². The Balaban J connectivity index is 2.52. The summed E-state index contributed by atoms with van der Waals surface area (Å²) in [5, 5.41) is 4.73. The number of rotatable bonds is 3. The predicted octanol–water partition coefficient (Wildman–Crippen LogP) is 0.828. The van der Waals surface area contributed by atoms with Gasteiger partial charge in [-0.3, -0.25) is 0 Å². The molecule has 74 valence electrons. The van der Waals surface area contributed by atoms with Crippen LogP contribution in [0.4, 0.5) is 0 Å². The Morgan fingerprint density at radius 2 is 2.43 bits per heavy atom. The summed E-state index contributed by atoms with van der Waals surface area (Å²) in [4.78, 5) is 4.09. The fourth-order valence-electron chi connectivity index (χ4n) is 1.27. The van der Waals surface area contributed by atoms with Gasteiger partial charge in [0.1, 0.15) is 5.69 Å². The van der Waals surface area contributed by atoms with Crippen molar-refractivity contribution in [2.45, 2.75) is 13.2 Å². The first-order valence-electron chi connectivity index (χ1n) is 4.27. The third kappa shape index (κ3) is 1.47. The molecule has 0 atom stereocenters. The molecule has 5 heteroatoms.